The molecule has 2 nitrogen and oxygen atoms in total. The molecule has 1 aliphatic rings. The molecule has 1 aliphatic carbocycles. The lowest BCUT2D eigenvalue weighted by molar-refractivity contribution is 0.240. The van der Waals surface area contributed by atoms with Crippen LogP contribution in [-0.2, 0) is 5.54 Å². The maximum atomic E-state index is 13.8. The summed E-state index contributed by atoms with van der Waals surface area (Å²) in [6.07, 6.45) is 2.92. The van der Waals surface area contributed by atoms with Crippen molar-refractivity contribution >= 4 is 0 Å². The molecule has 1 aromatic carbocycles. The topological polar surface area (TPSA) is 35.2 Å². The smallest absolute Gasteiger partial charge is 0.168 e. The highest BCUT2D eigenvalue weighted by Gasteiger charge is 2.37. The van der Waals surface area contributed by atoms with Gasteiger partial charge in [0, 0.05) is 11.1 Å². The predicted molar refractivity (Wildman–Crippen MR) is 57.4 cm³/mol. The third-order valence-corrected chi connectivity index (χ3v) is 3.28. The first-order valence-corrected chi connectivity index (χ1v) is 5.21. The minimum Gasteiger partial charge on any atom is -0.493 e. The van der Waals surface area contributed by atoms with E-state index in [1.165, 1.54) is 7.11 Å². The third-order valence-electron chi connectivity index (χ3n) is 3.28. The van der Waals surface area contributed by atoms with Gasteiger partial charge in [-0.3, -0.25) is 0 Å². The normalized spacial score (nSPS) is 18.4. The third kappa shape index (κ3) is 1.51. The van der Waals surface area contributed by atoms with E-state index in [1.54, 1.807) is 13.0 Å². The predicted octanol–water partition coefficient (Wildman–Crippen LogP) is 2.48. The minimum absolute atomic E-state index is 0.285. The van der Waals surface area contributed by atoms with Crippen molar-refractivity contribution in [1.82, 2.24) is 0 Å². The maximum Gasteiger partial charge on any atom is 0.168 e. The van der Waals surface area contributed by atoms with Crippen LogP contribution in [0.5, 0.6) is 5.75 Å². The zero-order valence-corrected chi connectivity index (χ0v) is 9.14. The molecular formula is C12H16FNO. The first kappa shape index (κ1) is 10.4. The van der Waals surface area contributed by atoms with Crippen molar-refractivity contribution in [2.24, 2.45) is 5.73 Å². The van der Waals surface area contributed by atoms with Crippen LogP contribution >= 0.6 is 0 Å². The maximum absolute atomic E-state index is 13.8. The summed E-state index contributed by atoms with van der Waals surface area (Å²) in [5.74, 6) is 0.0314. The molecule has 0 amide bonds. The lowest BCUT2D eigenvalue weighted by Crippen LogP contribution is -2.43. The second-order valence-electron chi connectivity index (χ2n) is 4.29. The highest BCUT2D eigenvalue weighted by atomic mass is 19.1. The molecule has 3 heteroatoms. The van der Waals surface area contributed by atoms with Crippen molar-refractivity contribution in [1.29, 1.82) is 0 Å². The van der Waals surface area contributed by atoms with Crippen LogP contribution in [0.3, 0.4) is 0 Å². The fourth-order valence-electron chi connectivity index (χ4n) is 2.07. The molecule has 0 atom stereocenters. The van der Waals surface area contributed by atoms with E-state index in [0.717, 1.165) is 24.8 Å². The van der Waals surface area contributed by atoms with Gasteiger partial charge in [0.1, 0.15) is 0 Å². The number of methoxy groups -OCH3 is 1. The summed E-state index contributed by atoms with van der Waals surface area (Å²) in [6.45, 7) is 1.73. The van der Waals surface area contributed by atoms with E-state index < -0.39 is 0 Å². The Morgan fingerprint density at radius 2 is 2.07 bits per heavy atom. The largest absolute Gasteiger partial charge is 0.493 e. The summed E-state index contributed by atoms with van der Waals surface area (Å²) < 4.78 is 18.9. The van der Waals surface area contributed by atoms with E-state index in [4.69, 9.17) is 10.5 Å². The van der Waals surface area contributed by atoms with Gasteiger partial charge < -0.3 is 10.5 Å². The number of hydrogen-bond acceptors (Lipinski definition) is 2. The Kier molecular flexibility index (Phi) is 2.43. The van der Waals surface area contributed by atoms with Crippen LogP contribution in [0.25, 0.3) is 0 Å². The van der Waals surface area contributed by atoms with Crippen molar-refractivity contribution in [2.75, 3.05) is 7.11 Å². The molecule has 0 saturated heterocycles. The summed E-state index contributed by atoms with van der Waals surface area (Å²) in [4.78, 5) is 0. The molecule has 0 heterocycles. The number of ether oxygens (including phenoxy) is 1. The lowest BCUT2D eigenvalue weighted by atomic mass is 9.72. The fourth-order valence-corrected chi connectivity index (χ4v) is 2.07. The Morgan fingerprint density at radius 3 is 2.53 bits per heavy atom. The van der Waals surface area contributed by atoms with E-state index in [1.807, 2.05) is 6.07 Å². The van der Waals surface area contributed by atoms with E-state index in [-0.39, 0.29) is 11.4 Å². The number of nitrogens with two attached hydrogens (primary N) is 1. The minimum atomic E-state index is -0.375. The standard InChI is InChI=1S/C12H16FNO/c1-8-4-5-9(11(15-2)10(8)13)12(14)6-3-7-12/h4-5H,3,6-7,14H2,1-2H3. The highest BCUT2D eigenvalue weighted by molar-refractivity contribution is 5.44. The van der Waals surface area contributed by atoms with Crippen LogP contribution in [0.15, 0.2) is 12.1 Å². The van der Waals surface area contributed by atoms with Crippen LogP contribution in [0.2, 0.25) is 0 Å². The van der Waals surface area contributed by atoms with E-state index in [0.29, 0.717) is 11.3 Å². The molecule has 2 N–H and O–H groups in total. The van der Waals surface area contributed by atoms with Gasteiger partial charge in [-0.2, -0.15) is 0 Å². The molecule has 0 unspecified atom stereocenters. The summed E-state index contributed by atoms with van der Waals surface area (Å²) >= 11 is 0. The van der Waals surface area contributed by atoms with E-state index in [9.17, 15) is 4.39 Å². The van der Waals surface area contributed by atoms with Gasteiger partial charge in [-0.05, 0) is 31.7 Å². The van der Waals surface area contributed by atoms with Gasteiger partial charge in [0.2, 0.25) is 0 Å². The van der Waals surface area contributed by atoms with Crippen LogP contribution in [0.1, 0.15) is 30.4 Å². The number of hydrogen-bond donors (Lipinski definition) is 1. The molecule has 2 rings (SSSR count). The average molecular weight is 209 g/mol. The Balaban J connectivity index is 2.52. The van der Waals surface area contributed by atoms with Crippen molar-refractivity contribution in [3.05, 3.63) is 29.1 Å². The molecular weight excluding hydrogens is 193 g/mol. The van der Waals surface area contributed by atoms with Crippen LogP contribution in [0.4, 0.5) is 4.39 Å². The highest BCUT2D eigenvalue weighted by Crippen LogP contribution is 2.43. The van der Waals surface area contributed by atoms with Crippen molar-refractivity contribution in [2.45, 2.75) is 31.7 Å². The summed E-state index contributed by atoms with van der Waals surface area (Å²) in [7, 11) is 1.49. The molecule has 0 aliphatic heterocycles. The molecule has 1 aromatic rings. The molecule has 15 heavy (non-hydrogen) atoms. The second-order valence-corrected chi connectivity index (χ2v) is 4.29. The number of rotatable bonds is 2. The van der Waals surface area contributed by atoms with Crippen LogP contribution < -0.4 is 10.5 Å². The number of benzene rings is 1. The molecule has 82 valence electrons. The zero-order chi connectivity index (χ0) is 11.1. The van der Waals surface area contributed by atoms with Crippen molar-refractivity contribution < 1.29 is 9.13 Å². The van der Waals surface area contributed by atoms with Crippen LogP contribution in [0, 0.1) is 12.7 Å². The number of halogens is 1. The van der Waals surface area contributed by atoms with Gasteiger partial charge in [0.25, 0.3) is 0 Å². The summed E-state index contributed by atoms with van der Waals surface area (Å²) in [5, 5.41) is 0. The Hall–Kier alpha value is -1.09. The summed E-state index contributed by atoms with van der Waals surface area (Å²) in [6, 6.07) is 3.65. The Labute approximate surface area is 89.2 Å². The van der Waals surface area contributed by atoms with Gasteiger partial charge >= 0.3 is 0 Å². The summed E-state index contributed by atoms with van der Waals surface area (Å²) in [5.41, 5.74) is 7.20. The van der Waals surface area contributed by atoms with Gasteiger partial charge in [0.15, 0.2) is 11.6 Å². The average Bonchev–Trinajstić information content (AvgIpc) is 2.18. The zero-order valence-electron chi connectivity index (χ0n) is 9.14. The first-order valence-electron chi connectivity index (χ1n) is 5.21. The van der Waals surface area contributed by atoms with Crippen molar-refractivity contribution in [3.8, 4) is 5.75 Å². The molecule has 0 bridgehead atoms. The first-order chi connectivity index (χ1) is 7.08. The SMILES string of the molecule is COc1c(C2(N)CCC2)ccc(C)c1F. The van der Waals surface area contributed by atoms with Gasteiger partial charge in [0.05, 0.1) is 7.11 Å². The van der Waals surface area contributed by atoms with E-state index >= 15 is 0 Å². The van der Waals surface area contributed by atoms with Gasteiger partial charge in [-0.25, -0.2) is 4.39 Å². The van der Waals surface area contributed by atoms with Gasteiger partial charge in [-0.15, -0.1) is 0 Å². The molecule has 0 spiro atoms. The lowest BCUT2D eigenvalue weighted by Gasteiger charge is -2.39. The molecule has 1 fully saturated rings. The fraction of sp³-hybridized carbons (Fsp3) is 0.500. The Morgan fingerprint density at radius 1 is 1.40 bits per heavy atom. The monoisotopic (exact) mass is 209 g/mol. The van der Waals surface area contributed by atoms with Crippen molar-refractivity contribution in [3.63, 3.8) is 0 Å². The molecule has 0 radical (unpaired) electrons. The second kappa shape index (κ2) is 3.49. The van der Waals surface area contributed by atoms with E-state index in [2.05, 4.69) is 0 Å². The molecule has 1 saturated carbocycles. The Bertz CT molecular complexity index is 385. The quantitative estimate of drug-likeness (QED) is 0.812. The number of aryl methyl sites for hydroxylation is 1. The molecule has 0 aromatic heterocycles. The van der Waals surface area contributed by atoms with Gasteiger partial charge in [-0.1, -0.05) is 12.1 Å². The van der Waals surface area contributed by atoms with Crippen LogP contribution in [-0.4, -0.2) is 7.11 Å².